The summed E-state index contributed by atoms with van der Waals surface area (Å²) in [5.74, 6) is -3.16. The van der Waals surface area contributed by atoms with E-state index in [0.29, 0.717) is 11.1 Å². The number of amides is 2. The summed E-state index contributed by atoms with van der Waals surface area (Å²) in [6.07, 6.45) is -4.05. The number of nitrogens with zero attached hydrogens (tertiary/aromatic N) is 2. The summed E-state index contributed by atoms with van der Waals surface area (Å²) in [6.45, 7) is -0.151. The van der Waals surface area contributed by atoms with Gasteiger partial charge in [0.2, 0.25) is 0 Å². The third-order valence-electron chi connectivity index (χ3n) is 4.75. The minimum absolute atomic E-state index is 0.151. The van der Waals surface area contributed by atoms with E-state index in [1.807, 2.05) is 0 Å². The summed E-state index contributed by atoms with van der Waals surface area (Å²) in [4.78, 5) is 30.3. The average molecular weight is 427 g/mol. The summed E-state index contributed by atoms with van der Waals surface area (Å²) < 4.78 is 47.7. The molecule has 0 radical (unpaired) electrons. The standard InChI is InChI=1S/C22H16F3N3O3/c23-22(24,25)21(27-19(29)17-12-7-13-31-17)20(30)28(14-15-8-3-1-4-9-15)18(26-21)16-10-5-2-6-11-16/h1-13H,14H2,(H,27,29)/t21-/m1/s1. The van der Waals surface area contributed by atoms with Gasteiger partial charge in [-0.05, 0) is 17.7 Å². The van der Waals surface area contributed by atoms with Crippen LogP contribution in [-0.4, -0.2) is 34.4 Å². The molecule has 158 valence electrons. The molecule has 0 aliphatic carbocycles. The van der Waals surface area contributed by atoms with Crippen molar-refractivity contribution in [3.63, 3.8) is 0 Å². The molecule has 2 aromatic carbocycles. The zero-order valence-corrected chi connectivity index (χ0v) is 16.0. The number of alkyl halides is 3. The van der Waals surface area contributed by atoms with E-state index < -0.39 is 23.7 Å². The van der Waals surface area contributed by atoms with E-state index >= 15 is 0 Å². The van der Waals surface area contributed by atoms with E-state index in [4.69, 9.17) is 4.42 Å². The lowest BCUT2D eigenvalue weighted by atomic mass is 10.1. The van der Waals surface area contributed by atoms with Crippen LogP contribution in [0.1, 0.15) is 21.7 Å². The minimum atomic E-state index is -5.20. The number of furan rings is 1. The van der Waals surface area contributed by atoms with Crippen LogP contribution in [0, 0.1) is 0 Å². The van der Waals surface area contributed by atoms with Gasteiger partial charge in [-0.15, -0.1) is 0 Å². The van der Waals surface area contributed by atoms with Crippen LogP contribution in [-0.2, 0) is 11.3 Å². The van der Waals surface area contributed by atoms with E-state index in [9.17, 15) is 22.8 Å². The second kappa shape index (κ2) is 7.75. The second-order valence-electron chi connectivity index (χ2n) is 6.82. The molecule has 0 spiro atoms. The Labute approximate surface area is 175 Å². The van der Waals surface area contributed by atoms with E-state index in [0.717, 1.165) is 11.2 Å². The Bertz CT molecular complexity index is 1110. The maximum atomic E-state index is 14.3. The van der Waals surface area contributed by atoms with Crippen molar-refractivity contribution in [2.75, 3.05) is 0 Å². The number of carbonyl (C=O) groups is 2. The SMILES string of the molecule is O=C(N[C@]1(C(F)(F)F)N=C(c2ccccc2)N(Cc2ccccc2)C1=O)c1ccco1. The van der Waals surface area contributed by atoms with Crippen molar-refractivity contribution < 1.29 is 27.2 Å². The van der Waals surface area contributed by atoms with E-state index in [-0.39, 0.29) is 18.1 Å². The predicted molar refractivity (Wildman–Crippen MR) is 105 cm³/mol. The molecule has 1 aromatic heterocycles. The smallest absolute Gasteiger partial charge is 0.442 e. The second-order valence-corrected chi connectivity index (χ2v) is 6.82. The summed E-state index contributed by atoms with van der Waals surface area (Å²) in [6, 6.07) is 19.1. The number of aliphatic imine (C=N–C) groups is 1. The largest absolute Gasteiger partial charge is 0.459 e. The Morgan fingerprint density at radius 3 is 2.23 bits per heavy atom. The average Bonchev–Trinajstić information content (AvgIpc) is 3.38. The molecular weight excluding hydrogens is 411 g/mol. The molecular formula is C22H16F3N3O3. The fraction of sp³-hybridized carbons (Fsp3) is 0.136. The third-order valence-corrected chi connectivity index (χ3v) is 4.75. The monoisotopic (exact) mass is 427 g/mol. The van der Waals surface area contributed by atoms with Gasteiger partial charge in [0, 0.05) is 5.56 Å². The van der Waals surface area contributed by atoms with Crippen LogP contribution < -0.4 is 5.32 Å². The van der Waals surface area contributed by atoms with Crippen molar-refractivity contribution in [2.24, 2.45) is 4.99 Å². The highest BCUT2D eigenvalue weighted by atomic mass is 19.4. The van der Waals surface area contributed by atoms with E-state index in [2.05, 4.69) is 4.99 Å². The third kappa shape index (κ3) is 3.70. The van der Waals surface area contributed by atoms with Crippen molar-refractivity contribution in [1.82, 2.24) is 10.2 Å². The van der Waals surface area contributed by atoms with Crippen molar-refractivity contribution in [2.45, 2.75) is 18.4 Å². The normalized spacial score (nSPS) is 18.7. The fourth-order valence-corrected chi connectivity index (χ4v) is 3.25. The lowest BCUT2D eigenvalue weighted by Gasteiger charge is -2.28. The predicted octanol–water partition coefficient (Wildman–Crippen LogP) is 3.76. The topological polar surface area (TPSA) is 74.9 Å². The van der Waals surface area contributed by atoms with Crippen LogP contribution in [0.4, 0.5) is 13.2 Å². The Morgan fingerprint density at radius 2 is 1.65 bits per heavy atom. The molecule has 1 aliphatic rings. The summed E-state index contributed by atoms with van der Waals surface area (Å²) in [7, 11) is 0. The van der Waals surface area contributed by atoms with Gasteiger partial charge in [0.05, 0.1) is 12.8 Å². The van der Waals surface area contributed by atoms with Gasteiger partial charge in [-0.2, -0.15) is 13.2 Å². The maximum Gasteiger partial charge on any atom is 0.442 e. The Morgan fingerprint density at radius 1 is 1.00 bits per heavy atom. The first-order valence-corrected chi connectivity index (χ1v) is 9.26. The highest BCUT2D eigenvalue weighted by molar-refractivity contribution is 6.16. The highest BCUT2D eigenvalue weighted by Gasteiger charge is 2.67. The van der Waals surface area contributed by atoms with Gasteiger partial charge in [0.25, 0.3) is 11.8 Å². The summed E-state index contributed by atoms with van der Waals surface area (Å²) in [5.41, 5.74) is -2.56. The molecule has 4 rings (SSSR count). The van der Waals surface area contributed by atoms with Gasteiger partial charge in [0.15, 0.2) is 5.76 Å². The van der Waals surface area contributed by atoms with Crippen molar-refractivity contribution >= 4 is 17.6 Å². The number of nitrogens with one attached hydrogen (secondary N) is 1. The van der Waals surface area contributed by atoms with E-state index in [1.165, 1.54) is 12.1 Å². The van der Waals surface area contributed by atoms with Crippen molar-refractivity contribution in [3.8, 4) is 0 Å². The van der Waals surface area contributed by atoms with Crippen LogP contribution in [0.15, 0.2) is 88.5 Å². The van der Waals surface area contributed by atoms with Gasteiger partial charge in [-0.3, -0.25) is 14.5 Å². The molecule has 3 aromatic rings. The summed E-state index contributed by atoms with van der Waals surface area (Å²) in [5, 5.41) is 1.76. The number of carbonyl (C=O) groups excluding carboxylic acids is 2. The Balaban J connectivity index is 1.81. The summed E-state index contributed by atoms with van der Waals surface area (Å²) >= 11 is 0. The molecule has 0 fully saturated rings. The zero-order chi connectivity index (χ0) is 22.1. The lowest BCUT2D eigenvalue weighted by Crippen LogP contribution is -2.63. The molecule has 6 nitrogen and oxygen atoms in total. The Hall–Kier alpha value is -3.88. The molecule has 1 atom stereocenters. The molecule has 2 heterocycles. The minimum Gasteiger partial charge on any atom is -0.459 e. The zero-order valence-electron chi connectivity index (χ0n) is 16.0. The molecule has 1 aliphatic heterocycles. The Kier molecular flexibility index (Phi) is 5.10. The molecule has 1 N–H and O–H groups in total. The first kappa shape index (κ1) is 20.4. The molecule has 2 amide bonds. The first-order chi connectivity index (χ1) is 14.8. The van der Waals surface area contributed by atoms with Gasteiger partial charge >= 0.3 is 11.8 Å². The molecule has 31 heavy (non-hydrogen) atoms. The maximum absolute atomic E-state index is 14.3. The fourth-order valence-electron chi connectivity index (χ4n) is 3.25. The molecule has 0 saturated carbocycles. The van der Waals surface area contributed by atoms with Crippen LogP contribution in [0.3, 0.4) is 0 Å². The van der Waals surface area contributed by atoms with Gasteiger partial charge in [0.1, 0.15) is 5.84 Å². The van der Waals surface area contributed by atoms with Crippen LogP contribution in [0.2, 0.25) is 0 Å². The van der Waals surface area contributed by atoms with Crippen LogP contribution >= 0.6 is 0 Å². The van der Waals surface area contributed by atoms with Crippen LogP contribution in [0.25, 0.3) is 0 Å². The van der Waals surface area contributed by atoms with Crippen LogP contribution in [0.5, 0.6) is 0 Å². The molecule has 0 unspecified atom stereocenters. The molecule has 0 saturated heterocycles. The van der Waals surface area contributed by atoms with Crippen molar-refractivity contribution in [1.29, 1.82) is 0 Å². The quantitative estimate of drug-likeness (QED) is 0.674. The van der Waals surface area contributed by atoms with Gasteiger partial charge in [-0.25, -0.2) is 4.99 Å². The number of halogens is 3. The number of benzene rings is 2. The number of hydrogen-bond acceptors (Lipinski definition) is 4. The number of amidine groups is 1. The van der Waals surface area contributed by atoms with E-state index in [1.54, 1.807) is 66.0 Å². The number of hydrogen-bond donors (Lipinski definition) is 1. The van der Waals surface area contributed by atoms with Crippen molar-refractivity contribution in [3.05, 3.63) is 95.9 Å². The molecule has 9 heteroatoms. The lowest BCUT2D eigenvalue weighted by molar-refractivity contribution is -0.196. The first-order valence-electron chi connectivity index (χ1n) is 9.26. The number of rotatable bonds is 5. The van der Waals surface area contributed by atoms with Gasteiger partial charge < -0.3 is 9.73 Å². The van der Waals surface area contributed by atoms with Gasteiger partial charge in [-0.1, -0.05) is 60.7 Å². The highest BCUT2D eigenvalue weighted by Crippen LogP contribution is 2.39. The molecule has 0 bridgehead atoms.